The average Bonchev–Trinajstić information content (AvgIpc) is 3.15. The van der Waals surface area contributed by atoms with Crippen LogP contribution >= 0.6 is 0 Å². The number of hydrazine groups is 1. The second kappa shape index (κ2) is 9.38. The molecule has 0 spiro atoms. The number of amides is 1. The second-order valence-electron chi connectivity index (χ2n) is 6.57. The van der Waals surface area contributed by atoms with Crippen molar-refractivity contribution in [2.75, 3.05) is 13.1 Å². The third-order valence-corrected chi connectivity index (χ3v) is 4.71. The van der Waals surface area contributed by atoms with E-state index in [2.05, 4.69) is 39.9 Å². The predicted octanol–water partition coefficient (Wildman–Crippen LogP) is -0.925. The summed E-state index contributed by atoms with van der Waals surface area (Å²) in [7, 11) is 1.66. The SMILES string of the molecule is CCc1ccccc1CN[B]c1nnc(CC(=O)N2CCC(NN)=C(N)C2)o1. The Morgan fingerprint density at radius 2 is 2.11 bits per heavy atom. The third-order valence-electron chi connectivity index (χ3n) is 4.71. The maximum Gasteiger partial charge on any atom is 0.325 e. The van der Waals surface area contributed by atoms with Gasteiger partial charge in [0.15, 0.2) is 5.79 Å². The van der Waals surface area contributed by atoms with Crippen LogP contribution in [0.25, 0.3) is 0 Å². The summed E-state index contributed by atoms with van der Waals surface area (Å²) in [6.45, 7) is 3.68. The number of nitrogens with zero attached hydrogens (tertiary/aromatic N) is 3. The summed E-state index contributed by atoms with van der Waals surface area (Å²) in [5.74, 6) is 5.90. The number of nitrogens with one attached hydrogen (secondary N) is 2. The molecule has 1 aliphatic heterocycles. The molecule has 1 aliphatic rings. The number of aryl methyl sites for hydroxylation is 1. The fraction of sp³-hybridized carbons (Fsp3) is 0.389. The molecule has 147 valence electrons. The molecule has 0 unspecified atom stereocenters. The van der Waals surface area contributed by atoms with Gasteiger partial charge >= 0.3 is 7.41 Å². The fourth-order valence-corrected chi connectivity index (χ4v) is 3.13. The molecule has 0 fully saturated rings. The lowest BCUT2D eigenvalue weighted by Gasteiger charge is -2.28. The summed E-state index contributed by atoms with van der Waals surface area (Å²) in [6, 6.07) is 8.25. The topological polar surface area (TPSA) is 135 Å². The zero-order valence-electron chi connectivity index (χ0n) is 15.9. The zero-order valence-corrected chi connectivity index (χ0v) is 15.9. The molecule has 0 saturated heterocycles. The maximum absolute atomic E-state index is 12.4. The lowest BCUT2D eigenvalue weighted by molar-refractivity contribution is -0.130. The van der Waals surface area contributed by atoms with Gasteiger partial charge < -0.3 is 25.7 Å². The smallest absolute Gasteiger partial charge is 0.325 e. The number of hydrogen-bond donors (Lipinski definition) is 4. The highest BCUT2D eigenvalue weighted by molar-refractivity contribution is 6.47. The zero-order chi connectivity index (χ0) is 19.9. The Morgan fingerprint density at radius 1 is 1.32 bits per heavy atom. The molecule has 28 heavy (non-hydrogen) atoms. The number of benzene rings is 1. The molecule has 1 aromatic carbocycles. The summed E-state index contributed by atoms with van der Waals surface area (Å²) in [5, 5.41) is 11.1. The van der Waals surface area contributed by atoms with Gasteiger partial charge in [-0.05, 0) is 17.5 Å². The molecule has 6 N–H and O–H groups in total. The van der Waals surface area contributed by atoms with Crippen LogP contribution in [0.5, 0.6) is 0 Å². The van der Waals surface area contributed by atoms with Crippen molar-refractivity contribution in [3.8, 4) is 0 Å². The molecule has 10 heteroatoms. The Bertz CT molecular complexity index is 852. The Balaban J connectivity index is 1.49. The van der Waals surface area contributed by atoms with Crippen LogP contribution in [0.4, 0.5) is 0 Å². The van der Waals surface area contributed by atoms with Gasteiger partial charge in [0.1, 0.15) is 6.42 Å². The average molecular weight is 382 g/mol. The first-order valence-electron chi connectivity index (χ1n) is 9.28. The van der Waals surface area contributed by atoms with E-state index in [1.807, 2.05) is 12.1 Å². The third kappa shape index (κ3) is 4.90. The van der Waals surface area contributed by atoms with Gasteiger partial charge in [-0.1, -0.05) is 31.2 Å². The van der Waals surface area contributed by atoms with E-state index >= 15 is 0 Å². The van der Waals surface area contributed by atoms with Gasteiger partial charge in [0.05, 0.1) is 6.54 Å². The molecule has 2 heterocycles. The first-order chi connectivity index (χ1) is 13.6. The lowest BCUT2D eigenvalue weighted by Crippen LogP contribution is -2.43. The van der Waals surface area contributed by atoms with Crippen molar-refractivity contribution in [3.05, 3.63) is 52.7 Å². The lowest BCUT2D eigenvalue weighted by atomic mass is 9.94. The summed E-state index contributed by atoms with van der Waals surface area (Å²) >= 11 is 0. The van der Waals surface area contributed by atoms with E-state index in [1.54, 1.807) is 12.3 Å². The number of rotatable bonds is 8. The van der Waals surface area contributed by atoms with E-state index in [-0.39, 0.29) is 18.2 Å². The molecule has 9 nitrogen and oxygen atoms in total. The van der Waals surface area contributed by atoms with Crippen molar-refractivity contribution in [1.29, 1.82) is 0 Å². The quantitative estimate of drug-likeness (QED) is 0.261. The first-order valence-corrected chi connectivity index (χ1v) is 9.28. The highest BCUT2D eigenvalue weighted by Crippen LogP contribution is 2.12. The van der Waals surface area contributed by atoms with E-state index in [1.165, 1.54) is 11.1 Å². The van der Waals surface area contributed by atoms with Crippen LogP contribution in [-0.2, 0) is 24.2 Å². The van der Waals surface area contributed by atoms with E-state index in [9.17, 15) is 4.79 Å². The van der Waals surface area contributed by atoms with Gasteiger partial charge in [0, 0.05) is 30.9 Å². The van der Waals surface area contributed by atoms with Gasteiger partial charge in [0.25, 0.3) is 0 Å². The minimum Gasteiger partial charge on any atom is -0.434 e. The van der Waals surface area contributed by atoms with Gasteiger partial charge in [0.2, 0.25) is 11.8 Å². The summed E-state index contributed by atoms with van der Waals surface area (Å²) in [6.07, 6.45) is 1.61. The Labute approximate surface area is 164 Å². The van der Waals surface area contributed by atoms with Crippen LogP contribution in [0.2, 0.25) is 0 Å². The van der Waals surface area contributed by atoms with Gasteiger partial charge in [-0.15, -0.1) is 10.2 Å². The molecule has 3 rings (SSSR count). The van der Waals surface area contributed by atoms with Crippen LogP contribution in [0.3, 0.4) is 0 Å². The van der Waals surface area contributed by atoms with Crippen LogP contribution in [0.15, 0.2) is 40.1 Å². The molecule has 0 atom stereocenters. The first kappa shape index (κ1) is 19.9. The van der Waals surface area contributed by atoms with E-state index < -0.39 is 0 Å². The van der Waals surface area contributed by atoms with Crippen molar-refractivity contribution in [3.63, 3.8) is 0 Å². The Kier molecular flexibility index (Phi) is 6.67. The molecule has 1 aromatic heterocycles. The molecule has 0 saturated carbocycles. The Morgan fingerprint density at radius 3 is 2.82 bits per heavy atom. The number of hydrogen-bond acceptors (Lipinski definition) is 8. The number of nitrogens with two attached hydrogens (primary N) is 2. The van der Waals surface area contributed by atoms with Gasteiger partial charge in [-0.2, -0.15) is 0 Å². The fourth-order valence-electron chi connectivity index (χ4n) is 3.13. The maximum atomic E-state index is 12.4. The van der Waals surface area contributed by atoms with Crippen molar-refractivity contribution in [1.82, 2.24) is 25.8 Å². The monoisotopic (exact) mass is 382 g/mol. The molecule has 1 amide bonds. The Hall–Kier alpha value is -2.85. The normalized spacial score (nSPS) is 14.3. The predicted molar refractivity (Wildman–Crippen MR) is 106 cm³/mol. The second-order valence-corrected chi connectivity index (χ2v) is 6.57. The summed E-state index contributed by atoms with van der Waals surface area (Å²) in [4.78, 5) is 14.1. The standard InChI is InChI=1S/C18H25BN7O2/c1-2-12-5-3-4-6-13(12)10-22-19-18-25-24-16(28-18)9-17(27)26-8-7-15(23-21)14(20)11-26/h3-6,22-23H,2,7-11,20-21H2,1H3. The molecule has 0 aliphatic carbocycles. The van der Waals surface area contributed by atoms with E-state index in [0.29, 0.717) is 37.5 Å². The van der Waals surface area contributed by atoms with Crippen molar-refractivity contribution in [2.45, 2.75) is 32.7 Å². The van der Waals surface area contributed by atoms with Gasteiger partial charge in [-0.25, -0.2) is 0 Å². The highest BCUT2D eigenvalue weighted by atomic mass is 16.4. The minimum atomic E-state index is -0.112. The van der Waals surface area contributed by atoms with E-state index in [0.717, 1.165) is 12.1 Å². The van der Waals surface area contributed by atoms with Crippen LogP contribution in [-0.4, -0.2) is 41.5 Å². The van der Waals surface area contributed by atoms with Crippen LogP contribution in [0, 0.1) is 0 Å². The number of carbonyl (C=O) groups excluding carboxylic acids is 1. The van der Waals surface area contributed by atoms with Crippen molar-refractivity contribution >= 4 is 19.1 Å². The number of aromatic nitrogens is 2. The molecule has 1 radical (unpaired) electrons. The van der Waals surface area contributed by atoms with Crippen LogP contribution in [0.1, 0.15) is 30.4 Å². The number of carbonyl (C=O) groups is 1. The van der Waals surface area contributed by atoms with Gasteiger partial charge in [-0.3, -0.25) is 10.6 Å². The highest BCUT2D eigenvalue weighted by Gasteiger charge is 2.23. The van der Waals surface area contributed by atoms with Crippen molar-refractivity contribution < 1.29 is 9.21 Å². The molecule has 0 bridgehead atoms. The van der Waals surface area contributed by atoms with Crippen molar-refractivity contribution in [2.24, 2.45) is 11.6 Å². The minimum absolute atomic E-state index is 0.0399. The van der Waals surface area contributed by atoms with Crippen LogP contribution < -0.4 is 28.0 Å². The largest absolute Gasteiger partial charge is 0.434 e. The summed E-state index contributed by atoms with van der Waals surface area (Å²) < 4.78 is 5.55. The van der Waals surface area contributed by atoms with E-state index in [4.69, 9.17) is 16.0 Å². The summed E-state index contributed by atoms with van der Waals surface area (Å²) in [5.41, 5.74) is 12.3. The molecule has 2 aromatic rings. The molecular weight excluding hydrogens is 357 g/mol. The molecular formula is C18H25BN7O2.